The van der Waals surface area contributed by atoms with Crippen LogP contribution >= 0.6 is 0 Å². The van der Waals surface area contributed by atoms with Crippen LogP contribution in [-0.4, -0.2) is 0 Å². The molecule has 12 rings (SSSR count). The van der Waals surface area contributed by atoms with Crippen LogP contribution < -0.4 is 4.90 Å². The minimum absolute atomic E-state index is 0.880. The lowest BCUT2D eigenvalue weighted by Crippen LogP contribution is -2.11. The number of hydrogen-bond acceptors (Lipinski definition) is 2. The number of furan rings is 1. The Kier molecular flexibility index (Phi) is 8.53. The van der Waals surface area contributed by atoms with Gasteiger partial charge >= 0.3 is 0 Å². The second-order valence-corrected chi connectivity index (χ2v) is 16.0. The number of rotatable bonds is 7. The molecular weight excluding hydrogens is 751 g/mol. The largest absolute Gasteiger partial charge is 0.455 e. The molecule has 1 aromatic heterocycles. The number of fused-ring (bicyclic) bond motifs is 7. The Hall–Kier alpha value is -8.20. The zero-order chi connectivity index (χ0) is 41.0. The molecule has 0 saturated carbocycles. The van der Waals surface area contributed by atoms with E-state index in [4.69, 9.17) is 4.42 Å². The highest BCUT2D eigenvalue weighted by Crippen LogP contribution is 2.46. The van der Waals surface area contributed by atoms with Crippen LogP contribution in [0.4, 0.5) is 17.1 Å². The van der Waals surface area contributed by atoms with E-state index in [1.807, 2.05) is 0 Å². The molecule has 0 bridgehead atoms. The van der Waals surface area contributed by atoms with Gasteiger partial charge in [0, 0.05) is 33.1 Å². The molecule has 0 atom stereocenters. The molecule has 0 aliphatic carbocycles. The molecule has 0 fully saturated rings. The zero-order valence-electron chi connectivity index (χ0n) is 33.9. The molecule has 11 aromatic carbocycles. The zero-order valence-corrected chi connectivity index (χ0v) is 33.9. The molecule has 1 heterocycles. The van der Waals surface area contributed by atoms with Crippen LogP contribution in [-0.2, 0) is 0 Å². The monoisotopic (exact) mass is 789 g/mol. The lowest BCUT2D eigenvalue weighted by Gasteiger charge is -2.28. The van der Waals surface area contributed by atoms with E-state index < -0.39 is 0 Å². The molecular formula is C60H39NO. The maximum atomic E-state index is 6.68. The Balaban J connectivity index is 0.982. The Morgan fingerprint density at radius 2 is 0.710 bits per heavy atom. The fourth-order valence-corrected chi connectivity index (χ4v) is 9.49. The predicted octanol–water partition coefficient (Wildman–Crippen LogP) is 17.2. The average Bonchev–Trinajstić information content (AvgIpc) is 3.74. The normalized spacial score (nSPS) is 11.5. The van der Waals surface area contributed by atoms with Gasteiger partial charge in [-0.15, -0.1) is 0 Å². The van der Waals surface area contributed by atoms with Crippen LogP contribution in [0.2, 0.25) is 0 Å². The SMILES string of the molecule is c1ccc(N(c2ccc(-c3ccc(-c4cccc5ccccc45)cc3)cc2)c2ccc(-c3cccc4ccccc34)cc2)c(-c2cccc3oc4c5ccccc5ccc4c23)c1. The van der Waals surface area contributed by atoms with E-state index in [0.29, 0.717) is 0 Å². The van der Waals surface area contributed by atoms with Gasteiger partial charge in [0.15, 0.2) is 0 Å². The smallest absolute Gasteiger partial charge is 0.143 e. The molecule has 0 radical (unpaired) electrons. The van der Waals surface area contributed by atoms with Crippen molar-refractivity contribution in [1.82, 2.24) is 0 Å². The van der Waals surface area contributed by atoms with Gasteiger partial charge in [0.2, 0.25) is 0 Å². The summed E-state index contributed by atoms with van der Waals surface area (Å²) in [6.45, 7) is 0. The first-order valence-corrected chi connectivity index (χ1v) is 21.2. The van der Waals surface area contributed by atoms with E-state index in [2.05, 4.69) is 241 Å². The van der Waals surface area contributed by atoms with Crippen molar-refractivity contribution < 1.29 is 4.42 Å². The van der Waals surface area contributed by atoms with Crippen LogP contribution in [0.3, 0.4) is 0 Å². The summed E-state index contributed by atoms with van der Waals surface area (Å²) in [4.78, 5) is 2.39. The molecule has 0 N–H and O–H groups in total. The Bertz CT molecular complexity index is 3610. The average molecular weight is 790 g/mol. The number of anilines is 3. The van der Waals surface area contributed by atoms with Gasteiger partial charge in [-0.25, -0.2) is 0 Å². The van der Waals surface area contributed by atoms with Crippen molar-refractivity contribution >= 4 is 71.3 Å². The summed E-state index contributed by atoms with van der Waals surface area (Å²) < 4.78 is 6.68. The van der Waals surface area contributed by atoms with E-state index in [1.54, 1.807) is 0 Å². The summed E-state index contributed by atoms with van der Waals surface area (Å²) in [6.07, 6.45) is 0. The second kappa shape index (κ2) is 14.8. The van der Waals surface area contributed by atoms with Crippen LogP contribution in [0, 0.1) is 0 Å². The summed E-state index contributed by atoms with van der Waals surface area (Å²) in [5, 5.41) is 9.53. The Morgan fingerprint density at radius 1 is 0.274 bits per heavy atom. The maximum absolute atomic E-state index is 6.68. The summed E-state index contributed by atoms with van der Waals surface area (Å²) in [5.74, 6) is 0. The van der Waals surface area contributed by atoms with Gasteiger partial charge in [-0.3, -0.25) is 0 Å². The molecule has 12 aromatic rings. The van der Waals surface area contributed by atoms with Gasteiger partial charge in [-0.2, -0.15) is 0 Å². The topological polar surface area (TPSA) is 16.4 Å². The second-order valence-electron chi connectivity index (χ2n) is 16.0. The van der Waals surface area contributed by atoms with Crippen molar-refractivity contribution in [1.29, 1.82) is 0 Å². The predicted molar refractivity (Wildman–Crippen MR) is 263 cm³/mol. The first kappa shape index (κ1) is 35.7. The standard InChI is InChI=1S/C60H39NO/c1-4-17-49-42(12-1)15-9-21-51(49)45-28-26-40(27-29-45)41-30-35-47(36-31-41)61(48-37-32-46(33-38-48)52-22-10-16-43-13-2-5-18-50(43)52)57-24-8-7-20-54(57)55-23-11-25-58-59(55)56-39-34-44-14-3-6-19-53(44)60(56)62-58/h1-39H. The fraction of sp³-hybridized carbons (Fsp3) is 0. The summed E-state index contributed by atoms with van der Waals surface area (Å²) in [6, 6.07) is 85.4. The van der Waals surface area contributed by atoms with E-state index in [1.165, 1.54) is 60.3 Å². The van der Waals surface area contributed by atoms with Gasteiger partial charge in [0.25, 0.3) is 0 Å². The minimum Gasteiger partial charge on any atom is -0.455 e. The van der Waals surface area contributed by atoms with E-state index >= 15 is 0 Å². The van der Waals surface area contributed by atoms with Crippen molar-refractivity contribution in [2.45, 2.75) is 0 Å². The van der Waals surface area contributed by atoms with E-state index in [0.717, 1.165) is 55.5 Å². The highest BCUT2D eigenvalue weighted by molar-refractivity contribution is 6.19. The summed E-state index contributed by atoms with van der Waals surface area (Å²) in [7, 11) is 0. The molecule has 0 spiro atoms. The first-order valence-electron chi connectivity index (χ1n) is 21.2. The van der Waals surface area contributed by atoms with Crippen molar-refractivity contribution in [3.8, 4) is 44.5 Å². The van der Waals surface area contributed by atoms with Crippen molar-refractivity contribution in [2.75, 3.05) is 4.90 Å². The van der Waals surface area contributed by atoms with Crippen LogP contribution in [0.15, 0.2) is 241 Å². The molecule has 0 unspecified atom stereocenters. The van der Waals surface area contributed by atoms with E-state index in [9.17, 15) is 0 Å². The fourth-order valence-electron chi connectivity index (χ4n) is 9.49. The van der Waals surface area contributed by atoms with Crippen LogP contribution in [0.5, 0.6) is 0 Å². The molecule has 2 nitrogen and oxygen atoms in total. The van der Waals surface area contributed by atoms with Crippen LogP contribution in [0.1, 0.15) is 0 Å². The number of benzene rings is 11. The van der Waals surface area contributed by atoms with Crippen molar-refractivity contribution in [3.63, 3.8) is 0 Å². The molecule has 62 heavy (non-hydrogen) atoms. The van der Waals surface area contributed by atoms with Gasteiger partial charge in [-0.05, 0) is 108 Å². The lowest BCUT2D eigenvalue weighted by molar-refractivity contribution is 0.673. The van der Waals surface area contributed by atoms with Gasteiger partial charge in [-0.1, -0.05) is 194 Å². The van der Waals surface area contributed by atoms with Gasteiger partial charge in [0.05, 0.1) is 5.69 Å². The highest BCUT2D eigenvalue weighted by Gasteiger charge is 2.21. The highest BCUT2D eigenvalue weighted by atomic mass is 16.3. The Labute approximate surface area is 360 Å². The van der Waals surface area contributed by atoms with E-state index in [-0.39, 0.29) is 0 Å². The summed E-state index contributed by atoms with van der Waals surface area (Å²) >= 11 is 0. The van der Waals surface area contributed by atoms with Crippen LogP contribution in [0.25, 0.3) is 98.8 Å². The van der Waals surface area contributed by atoms with Gasteiger partial charge in [0.1, 0.15) is 11.2 Å². The number of nitrogens with zero attached hydrogens (tertiary/aromatic N) is 1. The third-order valence-corrected chi connectivity index (χ3v) is 12.5. The number of para-hydroxylation sites is 1. The third-order valence-electron chi connectivity index (χ3n) is 12.5. The molecule has 0 saturated heterocycles. The lowest BCUT2D eigenvalue weighted by atomic mass is 9.95. The first-order chi connectivity index (χ1) is 30.7. The molecule has 290 valence electrons. The van der Waals surface area contributed by atoms with Gasteiger partial charge < -0.3 is 9.32 Å². The van der Waals surface area contributed by atoms with Crippen molar-refractivity contribution in [3.05, 3.63) is 237 Å². The Morgan fingerprint density at radius 3 is 1.34 bits per heavy atom. The van der Waals surface area contributed by atoms with Crippen molar-refractivity contribution in [2.24, 2.45) is 0 Å². The third kappa shape index (κ3) is 6.04. The molecule has 2 heteroatoms. The quantitative estimate of drug-likeness (QED) is 0.160. The number of hydrogen-bond donors (Lipinski definition) is 0. The molecule has 0 aliphatic heterocycles. The minimum atomic E-state index is 0.880. The maximum Gasteiger partial charge on any atom is 0.143 e. The molecule has 0 aliphatic rings. The summed E-state index contributed by atoms with van der Waals surface area (Å²) in [5.41, 5.74) is 14.5. The molecule has 0 amide bonds.